The molecule has 1 aromatic carbocycles. The second-order valence-corrected chi connectivity index (χ2v) is 5.59. The van der Waals surface area contributed by atoms with E-state index in [1.807, 2.05) is 37.4 Å². The van der Waals surface area contributed by atoms with Crippen molar-refractivity contribution in [2.45, 2.75) is 6.92 Å². The molecule has 120 valence electrons. The highest BCUT2D eigenvalue weighted by molar-refractivity contribution is 5.94. The lowest BCUT2D eigenvalue weighted by Gasteiger charge is -2.36. The molecule has 0 bridgehead atoms. The van der Waals surface area contributed by atoms with Crippen molar-refractivity contribution >= 4 is 23.1 Å². The number of piperazine rings is 1. The molecule has 1 fully saturated rings. The highest BCUT2D eigenvalue weighted by Gasteiger charge is 2.18. The van der Waals surface area contributed by atoms with Crippen LogP contribution in [0.3, 0.4) is 0 Å². The summed E-state index contributed by atoms with van der Waals surface area (Å²) in [5, 5.41) is 3.04. The topological polar surface area (TPSA) is 61.4 Å². The van der Waals surface area contributed by atoms with Crippen LogP contribution >= 0.6 is 0 Å². The van der Waals surface area contributed by atoms with Crippen molar-refractivity contribution in [3.8, 4) is 0 Å². The SMILES string of the molecule is CNc1cc(N2CCN(c3ccc(C(C)=O)cc3)CC2)ncn1. The Bertz CT molecular complexity index is 678. The van der Waals surface area contributed by atoms with Gasteiger partial charge >= 0.3 is 0 Å². The zero-order valence-electron chi connectivity index (χ0n) is 13.5. The van der Waals surface area contributed by atoms with Crippen molar-refractivity contribution in [1.82, 2.24) is 9.97 Å². The van der Waals surface area contributed by atoms with Crippen molar-refractivity contribution in [2.75, 3.05) is 48.3 Å². The summed E-state index contributed by atoms with van der Waals surface area (Å²) in [5.41, 5.74) is 1.92. The van der Waals surface area contributed by atoms with Gasteiger partial charge in [0, 0.05) is 50.5 Å². The highest BCUT2D eigenvalue weighted by atomic mass is 16.1. The van der Waals surface area contributed by atoms with E-state index < -0.39 is 0 Å². The molecular weight excluding hydrogens is 290 g/mol. The number of carbonyl (C=O) groups is 1. The molecule has 1 aliphatic rings. The van der Waals surface area contributed by atoms with Crippen LogP contribution in [0.5, 0.6) is 0 Å². The van der Waals surface area contributed by atoms with E-state index in [9.17, 15) is 4.79 Å². The summed E-state index contributed by atoms with van der Waals surface area (Å²) in [6, 6.07) is 9.81. The fourth-order valence-corrected chi connectivity index (χ4v) is 2.76. The Hall–Kier alpha value is -2.63. The molecule has 1 N–H and O–H groups in total. The first-order valence-electron chi connectivity index (χ1n) is 7.78. The highest BCUT2D eigenvalue weighted by Crippen LogP contribution is 2.20. The molecule has 2 aromatic rings. The predicted molar refractivity (Wildman–Crippen MR) is 92.5 cm³/mol. The third-order valence-electron chi connectivity index (χ3n) is 4.15. The van der Waals surface area contributed by atoms with Gasteiger partial charge in [-0.1, -0.05) is 0 Å². The van der Waals surface area contributed by atoms with Gasteiger partial charge in [0.25, 0.3) is 0 Å². The van der Waals surface area contributed by atoms with Gasteiger partial charge in [-0.15, -0.1) is 0 Å². The maximum atomic E-state index is 11.3. The minimum absolute atomic E-state index is 0.102. The average molecular weight is 311 g/mol. The van der Waals surface area contributed by atoms with Crippen LogP contribution in [0.2, 0.25) is 0 Å². The number of benzene rings is 1. The van der Waals surface area contributed by atoms with Crippen LogP contribution in [-0.2, 0) is 0 Å². The maximum Gasteiger partial charge on any atom is 0.159 e. The molecule has 0 atom stereocenters. The number of ketones is 1. The third-order valence-corrected chi connectivity index (χ3v) is 4.15. The predicted octanol–water partition coefficient (Wildman–Crippen LogP) is 2.05. The molecule has 0 aliphatic carbocycles. The Morgan fingerprint density at radius 2 is 1.70 bits per heavy atom. The first-order chi connectivity index (χ1) is 11.2. The molecule has 1 saturated heterocycles. The molecule has 3 rings (SSSR count). The number of anilines is 3. The molecule has 23 heavy (non-hydrogen) atoms. The fraction of sp³-hybridized carbons (Fsp3) is 0.353. The van der Waals surface area contributed by atoms with Gasteiger partial charge in [-0.25, -0.2) is 9.97 Å². The number of rotatable bonds is 4. The molecule has 0 amide bonds. The summed E-state index contributed by atoms with van der Waals surface area (Å²) in [6.45, 7) is 5.27. The largest absolute Gasteiger partial charge is 0.373 e. The lowest BCUT2D eigenvalue weighted by atomic mass is 10.1. The first kappa shape index (κ1) is 15.3. The van der Waals surface area contributed by atoms with Gasteiger partial charge in [0.1, 0.15) is 18.0 Å². The Kier molecular flexibility index (Phi) is 4.41. The van der Waals surface area contributed by atoms with Gasteiger partial charge in [0.2, 0.25) is 0 Å². The molecular formula is C17H21N5O. The molecule has 2 heterocycles. The van der Waals surface area contributed by atoms with Crippen LogP contribution in [0.4, 0.5) is 17.3 Å². The van der Waals surface area contributed by atoms with E-state index in [0.717, 1.165) is 49.1 Å². The smallest absolute Gasteiger partial charge is 0.159 e. The van der Waals surface area contributed by atoms with Gasteiger partial charge in [-0.2, -0.15) is 0 Å². The molecule has 6 heteroatoms. The summed E-state index contributed by atoms with van der Waals surface area (Å²) < 4.78 is 0. The average Bonchev–Trinajstić information content (AvgIpc) is 2.62. The Morgan fingerprint density at radius 1 is 1.04 bits per heavy atom. The molecule has 1 aromatic heterocycles. The molecule has 1 aliphatic heterocycles. The second-order valence-electron chi connectivity index (χ2n) is 5.59. The normalized spacial score (nSPS) is 14.7. The minimum atomic E-state index is 0.102. The zero-order chi connectivity index (χ0) is 16.2. The third kappa shape index (κ3) is 3.41. The first-order valence-corrected chi connectivity index (χ1v) is 7.78. The number of carbonyl (C=O) groups excluding carboxylic acids is 1. The quantitative estimate of drug-likeness (QED) is 0.872. The van der Waals surface area contributed by atoms with Crippen molar-refractivity contribution < 1.29 is 4.79 Å². The number of Topliss-reactive ketones (excluding diaryl/α,β-unsaturated/α-hetero) is 1. The fourth-order valence-electron chi connectivity index (χ4n) is 2.76. The molecule has 0 saturated carbocycles. The van der Waals surface area contributed by atoms with Crippen LogP contribution in [0.1, 0.15) is 17.3 Å². The number of hydrogen-bond acceptors (Lipinski definition) is 6. The Labute approximate surface area is 136 Å². The van der Waals surface area contributed by atoms with E-state index in [4.69, 9.17) is 0 Å². The Morgan fingerprint density at radius 3 is 2.30 bits per heavy atom. The summed E-state index contributed by atoms with van der Waals surface area (Å²) in [4.78, 5) is 24.5. The van der Waals surface area contributed by atoms with Crippen LogP contribution < -0.4 is 15.1 Å². The summed E-state index contributed by atoms with van der Waals surface area (Å²) >= 11 is 0. The minimum Gasteiger partial charge on any atom is -0.373 e. The number of nitrogens with zero attached hydrogens (tertiary/aromatic N) is 4. The molecule has 0 unspecified atom stereocenters. The number of nitrogens with one attached hydrogen (secondary N) is 1. The maximum absolute atomic E-state index is 11.3. The van der Waals surface area contributed by atoms with E-state index in [-0.39, 0.29) is 5.78 Å². The van der Waals surface area contributed by atoms with Gasteiger partial charge in [-0.3, -0.25) is 4.79 Å². The lowest BCUT2D eigenvalue weighted by molar-refractivity contribution is 0.101. The van der Waals surface area contributed by atoms with Crippen LogP contribution in [0, 0.1) is 0 Å². The van der Waals surface area contributed by atoms with E-state index in [1.54, 1.807) is 13.3 Å². The van der Waals surface area contributed by atoms with E-state index in [1.165, 1.54) is 0 Å². The summed E-state index contributed by atoms with van der Waals surface area (Å²) in [6.07, 6.45) is 1.59. The van der Waals surface area contributed by atoms with E-state index >= 15 is 0 Å². The van der Waals surface area contributed by atoms with E-state index in [2.05, 4.69) is 25.1 Å². The molecule has 6 nitrogen and oxygen atoms in total. The van der Waals surface area contributed by atoms with Crippen molar-refractivity contribution in [1.29, 1.82) is 0 Å². The van der Waals surface area contributed by atoms with Gasteiger partial charge in [-0.05, 0) is 31.2 Å². The molecule has 0 radical (unpaired) electrons. The van der Waals surface area contributed by atoms with Crippen LogP contribution in [0.15, 0.2) is 36.7 Å². The van der Waals surface area contributed by atoms with Gasteiger partial charge < -0.3 is 15.1 Å². The summed E-state index contributed by atoms with van der Waals surface area (Å²) in [7, 11) is 1.86. The second kappa shape index (κ2) is 6.64. The standard InChI is InChI=1S/C17H21N5O/c1-13(23)14-3-5-15(6-4-14)21-7-9-22(10-8-21)17-11-16(18-2)19-12-20-17/h3-6,11-12H,7-10H2,1-2H3,(H,18,19,20). The number of hydrogen-bond donors (Lipinski definition) is 1. The zero-order valence-corrected chi connectivity index (χ0v) is 13.5. The van der Waals surface area contributed by atoms with E-state index in [0.29, 0.717) is 0 Å². The van der Waals surface area contributed by atoms with Crippen LogP contribution in [-0.4, -0.2) is 49.0 Å². The van der Waals surface area contributed by atoms with Gasteiger partial charge in [0.05, 0.1) is 0 Å². The van der Waals surface area contributed by atoms with Gasteiger partial charge in [0.15, 0.2) is 5.78 Å². The summed E-state index contributed by atoms with van der Waals surface area (Å²) in [5.74, 6) is 1.89. The lowest BCUT2D eigenvalue weighted by Crippen LogP contribution is -2.46. The monoisotopic (exact) mass is 311 g/mol. The van der Waals surface area contributed by atoms with Crippen molar-refractivity contribution in [3.05, 3.63) is 42.2 Å². The van der Waals surface area contributed by atoms with Crippen LogP contribution in [0.25, 0.3) is 0 Å². The van der Waals surface area contributed by atoms with Crippen molar-refractivity contribution in [3.63, 3.8) is 0 Å². The number of aromatic nitrogens is 2. The Balaban J connectivity index is 1.64. The van der Waals surface area contributed by atoms with Crippen molar-refractivity contribution in [2.24, 2.45) is 0 Å². The molecule has 0 spiro atoms.